The van der Waals surface area contributed by atoms with Crippen LogP contribution in [0.25, 0.3) is 17.5 Å². The third kappa shape index (κ3) is 3.73. The Labute approximate surface area is 196 Å². The molecule has 1 aliphatic heterocycles. The maximum Gasteiger partial charge on any atom is 0.337 e. The molecular weight excluding hydrogens is 469 g/mol. The number of nitrogens with zero attached hydrogens (tertiary/aromatic N) is 2. The molecule has 0 bridgehead atoms. The Bertz CT molecular complexity index is 1480. The van der Waals surface area contributed by atoms with E-state index in [0.717, 1.165) is 16.9 Å². The Morgan fingerprint density at radius 2 is 1.75 bits per heavy atom. The summed E-state index contributed by atoms with van der Waals surface area (Å²) < 4.78 is 6.89. The van der Waals surface area contributed by atoms with Gasteiger partial charge in [0.15, 0.2) is 0 Å². The second-order valence-corrected chi connectivity index (χ2v) is 8.81. The first-order valence-corrected chi connectivity index (χ1v) is 10.9. The number of hydrogen-bond donors (Lipinski definition) is 1. The molecule has 2 heterocycles. The van der Waals surface area contributed by atoms with Gasteiger partial charge in [-0.15, -0.1) is 11.3 Å². The van der Waals surface area contributed by atoms with Crippen LogP contribution in [0.4, 0.5) is 0 Å². The fraction of sp³-hybridized carbons (Fsp3) is 0.0870. The van der Waals surface area contributed by atoms with Crippen LogP contribution in [0.2, 0.25) is 10.0 Å². The molecule has 6 nitrogen and oxygen atoms in total. The van der Waals surface area contributed by atoms with Crippen molar-refractivity contribution in [3.8, 4) is 6.07 Å². The van der Waals surface area contributed by atoms with E-state index in [1.54, 1.807) is 54.6 Å². The zero-order valence-electron chi connectivity index (χ0n) is 16.6. The van der Waals surface area contributed by atoms with Gasteiger partial charge in [-0.05, 0) is 41.5 Å². The smallest absolute Gasteiger partial charge is 0.337 e. The lowest BCUT2D eigenvalue weighted by atomic mass is 9.84. The van der Waals surface area contributed by atoms with Crippen LogP contribution in [0.1, 0.15) is 17.0 Å². The molecule has 1 unspecified atom stereocenters. The first-order chi connectivity index (χ1) is 15.3. The number of carbonyl (C=O) groups is 1. The van der Waals surface area contributed by atoms with Gasteiger partial charge in [-0.2, -0.15) is 5.26 Å². The molecule has 0 spiro atoms. The third-order valence-corrected chi connectivity index (χ3v) is 6.66. The van der Waals surface area contributed by atoms with Crippen molar-refractivity contribution in [2.24, 2.45) is 5.73 Å². The number of esters is 1. The van der Waals surface area contributed by atoms with E-state index in [1.807, 2.05) is 0 Å². The Hall–Kier alpha value is -3.31. The molecule has 2 aromatic carbocycles. The predicted molar refractivity (Wildman–Crippen MR) is 125 cm³/mol. The summed E-state index contributed by atoms with van der Waals surface area (Å²) in [6.07, 6.45) is 1.68. The van der Waals surface area contributed by atoms with Crippen LogP contribution >= 0.6 is 34.5 Å². The third-order valence-electron chi connectivity index (χ3n) is 5.05. The molecule has 32 heavy (non-hydrogen) atoms. The highest BCUT2D eigenvalue weighted by molar-refractivity contribution is 7.07. The second kappa shape index (κ2) is 8.67. The minimum absolute atomic E-state index is 0.0212. The van der Waals surface area contributed by atoms with E-state index < -0.39 is 17.4 Å². The van der Waals surface area contributed by atoms with E-state index in [0.29, 0.717) is 24.8 Å². The molecule has 0 amide bonds. The number of nitriles is 1. The lowest BCUT2D eigenvalue weighted by molar-refractivity contribution is -0.134. The van der Waals surface area contributed by atoms with Gasteiger partial charge in [-0.3, -0.25) is 9.36 Å². The molecule has 4 rings (SSSR count). The number of ether oxygens (including phenoxy) is 1. The number of nitrogens with two attached hydrogens (primary N) is 1. The van der Waals surface area contributed by atoms with Crippen LogP contribution in [-0.2, 0) is 9.53 Å². The van der Waals surface area contributed by atoms with E-state index in [-0.39, 0.29) is 17.0 Å². The normalized spacial score (nSPS) is 16.0. The van der Waals surface area contributed by atoms with Gasteiger partial charge in [0.25, 0.3) is 5.56 Å². The van der Waals surface area contributed by atoms with Gasteiger partial charge >= 0.3 is 5.97 Å². The number of thiazole rings is 1. The van der Waals surface area contributed by atoms with Gasteiger partial charge < -0.3 is 10.5 Å². The number of benzene rings is 2. The van der Waals surface area contributed by atoms with Crippen LogP contribution in [0.15, 0.2) is 58.9 Å². The Balaban J connectivity index is 2.08. The highest BCUT2D eigenvalue weighted by atomic mass is 35.5. The molecule has 0 saturated heterocycles. The van der Waals surface area contributed by atoms with Crippen molar-refractivity contribution in [3.63, 3.8) is 0 Å². The summed E-state index contributed by atoms with van der Waals surface area (Å²) in [5.74, 6) is -1.48. The average Bonchev–Trinajstić information content (AvgIpc) is 3.11. The maximum atomic E-state index is 13.2. The van der Waals surface area contributed by atoms with Gasteiger partial charge in [0, 0.05) is 10.0 Å². The van der Waals surface area contributed by atoms with Crippen LogP contribution in [0, 0.1) is 11.3 Å². The summed E-state index contributed by atoms with van der Waals surface area (Å²) in [4.78, 5) is 26.1. The second-order valence-electron chi connectivity index (χ2n) is 6.91. The van der Waals surface area contributed by atoms with Crippen molar-refractivity contribution in [1.29, 1.82) is 5.26 Å². The van der Waals surface area contributed by atoms with Gasteiger partial charge in [-0.25, -0.2) is 4.79 Å². The molecule has 0 fully saturated rings. The number of allylic oxidation sites excluding steroid dienone is 1. The average molecular weight is 484 g/mol. The number of aromatic nitrogens is 1. The van der Waals surface area contributed by atoms with E-state index in [2.05, 4.69) is 6.07 Å². The summed E-state index contributed by atoms with van der Waals surface area (Å²) in [7, 11) is 1.25. The maximum absolute atomic E-state index is 13.2. The van der Waals surface area contributed by atoms with Gasteiger partial charge in [0.05, 0.1) is 34.8 Å². The molecule has 0 aliphatic carbocycles. The van der Waals surface area contributed by atoms with Crippen LogP contribution in [0.3, 0.4) is 0 Å². The number of methoxy groups -OCH3 is 1. The fourth-order valence-corrected chi connectivity index (χ4v) is 4.97. The molecule has 1 atom stereocenters. The Morgan fingerprint density at radius 1 is 1.16 bits per heavy atom. The summed E-state index contributed by atoms with van der Waals surface area (Å²) in [6, 6.07) is 15.8. The monoisotopic (exact) mass is 483 g/mol. The fourth-order valence-electron chi connectivity index (χ4n) is 3.55. The molecule has 160 valence electrons. The van der Waals surface area contributed by atoms with Gasteiger partial charge in [0.1, 0.15) is 10.5 Å². The summed E-state index contributed by atoms with van der Waals surface area (Å²) >= 11 is 13.1. The number of rotatable bonds is 3. The number of hydrogen-bond acceptors (Lipinski definition) is 6. The minimum atomic E-state index is -0.800. The van der Waals surface area contributed by atoms with E-state index in [1.165, 1.54) is 11.7 Å². The number of carbonyl (C=O) groups excluding carboxylic acids is 1. The number of halogens is 2. The Morgan fingerprint density at radius 3 is 2.31 bits per heavy atom. The zero-order valence-corrected chi connectivity index (χ0v) is 19.0. The largest absolute Gasteiger partial charge is 0.466 e. The highest BCUT2D eigenvalue weighted by Gasteiger charge is 2.36. The lowest BCUT2D eigenvalue weighted by Gasteiger charge is -2.24. The molecule has 0 saturated carbocycles. The quantitative estimate of drug-likeness (QED) is 0.577. The van der Waals surface area contributed by atoms with Crippen molar-refractivity contribution < 1.29 is 9.53 Å². The molecule has 1 aromatic heterocycles. The lowest BCUT2D eigenvalue weighted by Crippen LogP contribution is -2.40. The Kier molecular flexibility index (Phi) is 5.94. The van der Waals surface area contributed by atoms with E-state index in [9.17, 15) is 14.9 Å². The van der Waals surface area contributed by atoms with E-state index >= 15 is 0 Å². The van der Waals surface area contributed by atoms with Crippen molar-refractivity contribution >= 4 is 58.0 Å². The summed E-state index contributed by atoms with van der Waals surface area (Å²) in [5, 5.41) is 11.0. The minimum Gasteiger partial charge on any atom is -0.466 e. The first kappa shape index (κ1) is 21.9. The summed E-state index contributed by atoms with van der Waals surface area (Å²) in [5.41, 5.74) is 7.49. The van der Waals surface area contributed by atoms with Crippen LogP contribution in [-0.4, -0.2) is 17.6 Å². The van der Waals surface area contributed by atoms with Crippen LogP contribution < -0.4 is 20.5 Å². The SMILES string of the molecule is COC(=O)C1=c2sc(=Cc3ccc(Cl)cc3)c(=O)n2C(N)=C(C#N)C1c1ccc(Cl)cc1. The van der Waals surface area contributed by atoms with Gasteiger partial charge in [-0.1, -0.05) is 47.5 Å². The topological polar surface area (TPSA) is 98.1 Å². The predicted octanol–water partition coefficient (Wildman–Crippen LogP) is 2.82. The van der Waals surface area contributed by atoms with Crippen LogP contribution in [0.5, 0.6) is 0 Å². The number of fused-ring (bicyclic) bond motifs is 1. The highest BCUT2D eigenvalue weighted by Crippen LogP contribution is 2.36. The van der Waals surface area contributed by atoms with Crippen molar-refractivity contribution in [1.82, 2.24) is 4.57 Å². The molecule has 1 aliphatic rings. The molecule has 0 radical (unpaired) electrons. The van der Waals surface area contributed by atoms with Gasteiger partial charge in [0.2, 0.25) is 0 Å². The zero-order chi connectivity index (χ0) is 23.0. The van der Waals surface area contributed by atoms with Crippen molar-refractivity contribution in [3.05, 3.63) is 94.8 Å². The molecule has 3 aromatic rings. The standard InChI is InChI=1S/C23H15Cl2N3O3S/c1-31-23(30)19-18(13-4-8-15(25)9-5-13)16(11-26)20(27)28-21(29)17(32-22(19)28)10-12-2-6-14(24)7-3-12/h2-10,18H,27H2,1H3. The summed E-state index contributed by atoms with van der Waals surface area (Å²) in [6.45, 7) is 0. The van der Waals surface area contributed by atoms with Crippen molar-refractivity contribution in [2.45, 2.75) is 5.92 Å². The van der Waals surface area contributed by atoms with Crippen molar-refractivity contribution in [2.75, 3.05) is 7.11 Å². The molecular formula is C23H15Cl2N3O3S. The molecule has 2 N–H and O–H groups in total. The van der Waals surface area contributed by atoms with E-state index in [4.69, 9.17) is 33.7 Å². The first-order valence-electron chi connectivity index (χ1n) is 9.33. The molecule has 9 heteroatoms.